The van der Waals surface area contributed by atoms with Crippen LogP contribution in [0, 0.1) is 0 Å². The highest BCUT2D eigenvalue weighted by Crippen LogP contribution is 2.33. The topological polar surface area (TPSA) is 48.3 Å². The minimum Gasteiger partial charge on any atom is -0.493 e. The number of pyridine rings is 1. The molecule has 0 unspecified atom stereocenters. The van der Waals surface area contributed by atoms with Gasteiger partial charge in [-0.15, -0.1) is 0 Å². The molecule has 2 aromatic heterocycles. The molecule has 0 amide bonds. The van der Waals surface area contributed by atoms with Gasteiger partial charge < -0.3 is 19.4 Å². The Bertz CT molecular complexity index is 1380. The molecular weight excluding hydrogens is 410 g/mol. The van der Waals surface area contributed by atoms with E-state index in [4.69, 9.17) is 9.47 Å². The van der Waals surface area contributed by atoms with Gasteiger partial charge in [-0.05, 0) is 29.3 Å². The summed E-state index contributed by atoms with van der Waals surface area (Å²) in [5.41, 5.74) is 5.59. The Kier molecular flexibility index (Phi) is 5.68. The van der Waals surface area contributed by atoms with Crippen LogP contribution in [0.4, 0.5) is 11.5 Å². The summed E-state index contributed by atoms with van der Waals surface area (Å²) < 4.78 is 13.1. The maximum Gasteiger partial charge on any atom is 0.162 e. The highest BCUT2D eigenvalue weighted by atomic mass is 16.5. The molecule has 0 aliphatic heterocycles. The number of fused-ring (bicyclic) bond motifs is 1. The molecule has 0 atom stereocenters. The smallest absolute Gasteiger partial charge is 0.162 e. The molecule has 0 saturated carbocycles. The number of anilines is 2. The molecule has 3 aromatic carbocycles. The Balaban J connectivity index is 1.57. The van der Waals surface area contributed by atoms with E-state index < -0.39 is 0 Å². The van der Waals surface area contributed by atoms with Gasteiger partial charge in [0.1, 0.15) is 5.82 Å². The van der Waals surface area contributed by atoms with Crippen molar-refractivity contribution in [1.29, 1.82) is 0 Å². The molecule has 1 N–H and O–H groups in total. The van der Waals surface area contributed by atoms with Gasteiger partial charge >= 0.3 is 0 Å². The highest BCUT2D eigenvalue weighted by molar-refractivity contribution is 5.88. The Morgan fingerprint density at radius 2 is 1.52 bits per heavy atom. The lowest BCUT2D eigenvalue weighted by atomic mass is 10.1. The monoisotopic (exact) mass is 435 g/mol. The van der Waals surface area contributed by atoms with Crippen LogP contribution in [0.15, 0.2) is 97.2 Å². The second-order valence-corrected chi connectivity index (χ2v) is 7.79. The summed E-state index contributed by atoms with van der Waals surface area (Å²) in [6.07, 6.45) is 1.92. The van der Waals surface area contributed by atoms with Crippen molar-refractivity contribution >= 4 is 22.4 Å². The summed E-state index contributed by atoms with van der Waals surface area (Å²) in [7, 11) is 3.26. The van der Waals surface area contributed by atoms with E-state index in [1.807, 2.05) is 36.5 Å². The molecule has 5 rings (SSSR count). The molecular formula is C28H25N3O2. The highest BCUT2D eigenvalue weighted by Gasteiger charge is 2.13. The molecule has 5 aromatic rings. The molecule has 2 heterocycles. The third-order valence-corrected chi connectivity index (χ3v) is 5.69. The summed E-state index contributed by atoms with van der Waals surface area (Å²) in [5, 5.41) is 4.50. The molecule has 0 aliphatic carbocycles. The van der Waals surface area contributed by atoms with Gasteiger partial charge in [0.2, 0.25) is 0 Å². The number of nitrogens with zero attached hydrogens (tertiary/aromatic N) is 2. The van der Waals surface area contributed by atoms with Gasteiger partial charge in [-0.3, -0.25) is 0 Å². The van der Waals surface area contributed by atoms with Crippen molar-refractivity contribution in [3.8, 4) is 22.8 Å². The zero-order valence-corrected chi connectivity index (χ0v) is 18.7. The standard InChI is InChI=1S/C28H25N3O2/c1-32-26-14-13-23(16-27(26)33-2)30-28-17-25-22(18-29-28)15-24(21-11-7-4-8-12-21)31(25)19-20-9-5-3-6-10-20/h3-18H,19H2,1-2H3,(H,29,30). The summed E-state index contributed by atoms with van der Waals surface area (Å²) in [6, 6.07) is 31.0. The summed E-state index contributed by atoms with van der Waals surface area (Å²) >= 11 is 0. The van der Waals surface area contributed by atoms with Gasteiger partial charge in [0, 0.05) is 41.6 Å². The van der Waals surface area contributed by atoms with Gasteiger partial charge in [0.25, 0.3) is 0 Å². The predicted octanol–water partition coefficient (Wildman–Crippen LogP) is 6.51. The molecule has 0 bridgehead atoms. The first-order valence-corrected chi connectivity index (χ1v) is 10.8. The Labute approximate surface area is 193 Å². The number of nitrogens with one attached hydrogen (secondary N) is 1. The van der Waals surface area contributed by atoms with E-state index in [1.54, 1.807) is 14.2 Å². The quantitative estimate of drug-likeness (QED) is 0.316. The SMILES string of the molecule is COc1ccc(Nc2cc3c(cn2)cc(-c2ccccc2)n3Cc2ccccc2)cc1OC. The molecule has 164 valence electrons. The van der Waals surface area contributed by atoms with E-state index >= 15 is 0 Å². The number of hydrogen-bond acceptors (Lipinski definition) is 4. The second-order valence-electron chi connectivity index (χ2n) is 7.79. The lowest BCUT2D eigenvalue weighted by Crippen LogP contribution is -2.02. The van der Waals surface area contributed by atoms with Gasteiger partial charge in [0.15, 0.2) is 11.5 Å². The maximum atomic E-state index is 5.43. The largest absolute Gasteiger partial charge is 0.493 e. The van der Waals surface area contributed by atoms with Crippen molar-refractivity contribution in [2.24, 2.45) is 0 Å². The first-order chi connectivity index (χ1) is 16.2. The van der Waals surface area contributed by atoms with Crippen molar-refractivity contribution in [1.82, 2.24) is 9.55 Å². The van der Waals surface area contributed by atoms with Gasteiger partial charge in [-0.1, -0.05) is 60.7 Å². The van der Waals surface area contributed by atoms with Crippen LogP contribution in [0.3, 0.4) is 0 Å². The maximum absolute atomic E-state index is 5.43. The Morgan fingerprint density at radius 1 is 0.788 bits per heavy atom. The van der Waals surface area contributed by atoms with Crippen LogP contribution in [0.1, 0.15) is 5.56 Å². The average Bonchev–Trinajstić information content (AvgIpc) is 3.22. The van der Waals surface area contributed by atoms with Gasteiger partial charge in [-0.25, -0.2) is 4.98 Å². The number of methoxy groups -OCH3 is 2. The third-order valence-electron chi connectivity index (χ3n) is 5.69. The van der Waals surface area contributed by atoms with Crippen molar-refractivity contribution in [3.63, 3.8) is 0 Å². The van der Waals surface area contributed by atoms with Crippen LogP contribution in [0.25, 0.3) is 22.2 Å². The summed E-state index contributed by atoms with van der Waals surface area (Å²) in [6.45, 7) is 0.772. The average molecular weight is 436 g/mol. The Morgan fingerprint density at radius 3 is 2.24 bits per heavy atom. The number of ether oxygens (including phenoxy) is 2. The zero-order valence-electron chi connectivity index (χ0n) is 18.7. The minimum atomic E-state index is 0.669. The third kappa shape index (κ3) is 4.26. The van der Waals surface area contributed by atoms with E-state index in [9.17, 15) is 0 Å². The number of benzene rings is 3. The molecule has 0 spiro atoms. The zero-order chi connectivity index (χ0) is 22.6. The van der Waals surface area contributed by atoms with Crippen LogP contribution >= 0.6 is 0 Å². The van der Waals surface area contributed by atoms with Crippen molar-refractivity contribution in [2.45, 2.75) is 6.54 Å². The molecule has 0 radical (unpaired) electrons. The summed E-state index contributed by atoms with van der Waals surface area (Å²) in [4.78, 5) is 4.66. The van der Waals surface area contributed by atoms with Crippen LogP contribution in [0.2, 0.25) is 0 Å². The number of hydrogen-bond donors (Lipinski definition) is 1. The Hall–Kier alpha value is -4.25. The van der Waals surface area contributed by atoms with Crippen LogP contribution < -0.4 is 14.8 Å². The van der Waals surface area contributed by atoms with E-state index in [0.717, 1.165) is 29.0 Å². The fraction of sp³-hybridized carbons (Fsp3) is 0.107. The molecule has 5 heteroatoms. The van der Waals surface area contributed by atoms with E-state index in [1.165, 1.54) is 16.8 Å². The van der Waals surface area contributed by atoms with Crippen molar-refractivity contribution in [2.75, 3.05) is 19.5 Å². The fourth-order valence-electron chi connectivity index (χ4n) is 4.07. The number of aromatic nitrogens is 2. The molecule has 0 aliphatic rings. The van der Waals surface area contributed by atoms with E-state index in [2.05, 4.69) is 75.5 Å². The first-order valence-electron chi connectivity index (χ1n) is 10.8. The van der Waals surface area contributed by atoms with Crippen LogP contribution in [0.5, 0.6) is 11.5 Å². The number of rotatable bonds is 7. The molecule has 33 heavy (non-hydrogen) atoms. The predicted molar refractivity (Wildman–Crippen MR) is 134 cm³/mol. The summed E-state index contributed by atoms with van der Waals surface area (Å²) in [5.74, 6) is 2.12. The molecule has 0 saturated heterocycles. The van der Waals surface area contributed by atoms with Gasteiger partial charge in [0.05, 0.1) is 19.7 Å². The molecule has 5 nitrogen and oxygen atoms in total. The second kappa shape index (κ2) is 9.09. The van der Waals surface area contributed by atoms with Crippen molar-refractivity contribution < 1.29 is 9.47 Å². The van der Waals surface area contributed by atoms with Crippen LogP contribution in [-0.2, 0) is 6.54 Å². The normalized spacial score (nSPS) is 10.8. The van der Waals surface area contributed by atoms with Gasteiger partial charge in [-0.2, -0.15) is 0 Å². The minimum absolute atomic E-state index is 0.669. The first kappa shape index (κ1) is 20.6. The van der Waals surface area contributed by atoms with E-state index in [-0.39, 0.29) is 0 Å². The van der Waals surface area contributed by atoms with Crippen LogP contribution in [-0.4, -0.2) is 23.8 Å². The lowest BCUT2D eigenvalue weighted by Gasteiger charge is -2.13. The van der Waals surface area contributed by atoms with E-state index in [0.29, 0.717) is 11.5 Å². The fourth-order valence-corrected chi connectivity index (χ4v) is 4.07. The molecule has 0 fully saturated rings. The van der Waals surface area contributed by atoms with Crippen molar-refractivity contribution in [3.05, 3.63) is 103 Å². The lowest BCUT2D eigenvalue weighted by molar-refractivity contribution is 0.355.